The Morgan fingerprint density at radius 2 is 1.90 bits per heavy atom. The molecule has 1 aromatic rings. The van der Waals surface area contributed by atoms with Gasteiger partial charge < -0.3 is 14.5 Å². The van der Waals surface area contributed by atoms with Crippen LogP contribution in [0.4, 0.5) is 19.0 Å². The highest BCUT2D eigenvalue weighted by Gasteiger charge is 2.50. The minimum Gasteiger partial charge on any atom is -0.381 e. The van der Waals surface area contributed by atoms with Crippen molar-refractivity contribution in [3.63, 3.8) is 0 Å². The number of ether oxygens (including phenoxy) is 1. The number of likely N-dealkylation sites (tertiary alicyclic amines) is 1. The molecular formula is C21H28F3N3O2. The van der Waals surface area contributed by atoms with Gasteiger partial charge in [0.1, 0.15) is 5.82 Å². The predicted octanol–water partition coefficient (Wildman–Crippen LogP) is 3.88. The number of carbonyl (C=O) groups is 1. The first-order valence-corrected chi connectivity index (χ1v) is 10.4. The monoisotopic (exact) mass is 411 g/mol. The van der Waals surface area contributed by atoms with Crippen LogP contribution in [0.5, 0.6) is 0 Å². The van der Waals surface area contributed by atoms with Crippen molar-refractivity contribution >= 4 is 11.7 Å². The van der Waals surface area contributed by atoms with Crippen molar-refractivity contribution in [1.82, 2.24) is 9.88 Å². The average molecular weight is 411 g/mol. The lowest BCUT2D eigenvalue weighted by Gasteiger charge is -2.41. The number of aromatic nitrogens is 1. The maximum atomic E-state index is 13.4. The molecule has 1 amide bonds. The van der Waals surface area contributed by atoms with Gasteiger partial charge in [-0.1, -0.05) is 0 Å². The number of hydrogen-bond donors (Lipinski definition) is 0. The summed E-state index contributed by atoms with van der Waals surface area (Å²) in [6, 6.07) is 2.78. The highest BCUT2D eigenvalue weighted by molar-refractivity contribution is 5.86. The maximum absolute atomic E-state index is 13.4. The summed E-state index contributed by atoms with van der Waals surface area (Å²) in [5.74, 6) is 0.735. The number of rotatable bonds is 3. The minimum atomic E-state index is -4.39. The second kappa shape index (κ2) is 7.78. The van der Waals surface area contributed by atoms with Gasteiger partial charge in [0.2, 0.25) is 5.91 Å². The molecule has 8 heteroatoms. The van der Waals surface area contributed by atoms with E-state index in [4.69, 9.17) is 4.74 Å². The van der Waals surface area contributed by atoms with Crippen LogP contribution in [0.3, 0.4) is 0 Å². The Morgan fingerprint density at radius 1 is 1.14 bits per heavy atom. The lowest BCUT2D eigenvalue weighted by atomic mass is 9.78. The second-order valence-corrected chi connectivity index (χ2v) is 8.62. The van der Waals surface area contributed by atoms with Gasteiger partial charge in [-0.2, -0.15) is 13.2 Å². The van der Waals surface area contributed by atoms with Gasteiger partial charge in [0, 0.05) is 39.0 Å². The first kappa shape index (κ1) is 20.4. The Kier molecular flexibility index (Phi) is 5.48. The molecule has 5 nitrogen and oxygen atoms in total. The molecule has 1 spiro atoms. The maximum Gasteiger partial charge on any atom is 0.417 e. The van der Waals surface area contributed by atoms with Crippen LogP contribution in [-0.2, 0) is 15.7 Å². The summed E-state index contributed by atoms with van der Waals surface area (Å²) in [6.45, 7) is 2.02. The standard InChI is InChI=1S/C21H28F3N3O2/c1-29-17-6-4-16(5-7-17)27-12-10-20(19(27)28)9-2-11-26(14-20)18-8-3-15(13-25-18)21(22,23)24/h3,8,13,16-17H,2,4-7,9-12,14H2,1H3/t16?,17?,20-/m0/s1. The summed E-state index contributed by atoms with van der Waals surface area (Å²) in [5, 5.41) is 0. The van der Waals surface area contributed by atoms with E-state index >= 15 is 0 Å². The molecule has 0 unspecified atom stereocenters. The van der Waals surface area contributed by atoms with Gasteiger partial charge in [-0.05, 0) is 57.1 Å². The molecule has 1 aromatic heterocycles. The first-order chi connectivity index (χ1) is 13.8. The number of methoxy groups -OCH3 is 1. The van der Waals surface area contributed by atoms with Gasteiger partial charge in [0.25, 0.3) is 0 Å². The van der Waals surface area contributed by atoms with Gasteiger partial charge in [0.15, 0.2) is 0 Å². The van der Waals surface area contributed by atoms with Crippen LogP contribution in [0, 0.1) is 5.41 Å². The summed E-state index contributed by atoms with van der Waals surface area (Å²) >= 11 is 0. The molecule has 3 heterocycles. The predicted molar refractivity (Wildman–Crippen MR) is 103 cm³/mol. The average Bonchev–Trinajstić information content (AvgIpc) is 3.03. The molecule has 1 atom stereocenters. The Bertz CT molecular complexity index is 732. The van der Waals surface area contributed by atoms with E-state index in [-0.39, 0.29) is 11.9 Å². The van der Waals surface area contributed by atoms with Crippen molar-refractivity contribution < 1.29 is 22.7 Å². The van der Waals surface area contributed by atoms with Crippen molar-refractivity contribution in [3.05, 3.63) is 23.9 Å². The third kappa shape index (κ3) is 3.96. The molecule has 3 aliphatic rings. The summed E-state index contributed by atoms with van der Waals surface area (Å²) in [6.07, 6.45) is 3.22. The van der Waals surface area contributed by atoms with Gasteiger partial charge in [0.05, 0.1) is 17.1 Å². The molecule has 2 saturated heterocycles. The van der Waals surface area contributed by atoms with Crippen molar-refractivity contribution in [2.45, 2.75) is 63.3 Å². The van der Waals surface area contributed by atoms with Crippen LogP contribution < -0.4 is 4.90 Å². The second-order valence-electron chi connectivity index (χ2n) is 8.62. The highest BCUT2D eigenvalue weighted by Crippen LogP contribution is 2.43. The van der Waals surface area contributed by atoms with Crippen LogP contribution in [0.15, 0.2) is 18.3 Å². The van der Waals surface area contributed by atoms with Gasteiger partial charge in [-0.15, -0.1) is 0 Å². The van der Waals surface area contributed by atoms with Gasteiger partial charge >= 0.3 is 6.18 Å². The number of pyridine rings is 1. The van der Waals surface area contributed by atoms with E-state index in [0.717, 1.165) is 63.8 Å². The quantitative estimate of drug-likeness (QED) is 0.757. The zero-order valence-corrected chi connectivity index (χ0v) is 16.7. The smallest absolute Gasteiger partial charge is 0.381 e. The zero-order chi connectivity index (χ0) is 20.6. The molecule has 1 saturated carbocycles. The molecule has 29 heavy (non-hydrogen) atoms. The SMILES string of the molecule is COC1CCC(N2CC[C@]3(CCCN(c4ccc(C(F)(F)F)cn4)C3)C2=O)CC1. The fourth-order valence-corrected chi connectivity index (χ4v) is 5.24. The summed E-state index contributed by atoms with van der Waals surface area (Å²) in [5.41, 5.74) is -1.18. The Labute approximate surface area is 169 Å². The number of carbonyl (C=O) groups excluding carboxylic acids is 1. The molecule has 160 valence electrons. The number of nitrogens with zero attached hydrogens (tertiary/aromatic N) is 3. The van der Waals surface area contributed by atoms with E-state index < -0.39 is 17.2 Å². The van der Waals surface area contributed by atoms with E-state index in [1.165, 1.54) is 6.07 Å². The molecule has 3 fully saturated rings. The number of hydrogen-bond acceptors (Lipinski definition) is 4. The minimum absolute atomic E-state index is 0.218. The van der Waals surface area contributed by atoms with Gasteiger partial charge in [-0.25, -0.2) is 4.98 Å². The number of alkyl halides is 3. The van der Waals surface area contributed by atoms with E-state index in [9.17, 15) is 18.0 Å². The van der Waals surface area contributed by atoms with Crippen molar-refractivity contribution in [2.75, 3.05) is 31.6 Å². The first-order valence-electron chi connectivity index (χ1n) is 10.4. The van der Waals surface area contributed by atoms with Crippen LogP contribution in [-0.4, -0.2) is 54.7 Å². The van der Waals surface area contributed by atoms with Crippen molar-refractivity contribution in [2.24, 2.45) is 5.41 Å². The molecular weight excluding hydrogens is 383 g/mol. The van der Waals surface area contributed by atoms with Crippen LogP contribution in [0.25, 0.3) is 0 Å². The number of amides is 1. The zero-order valence-electron chi connectivity index (χ0n) is 16.7. The fourth-order valence-electron chi connectivity index (χ4n) is 5.24. The fraction of sp³-hybridized carbons (Fsp3) is 0.714. The lowest BCUT2D eigenvalue weighted by molar-refractivity contribution is -0.139. The van der Waals surface area contributed by atoms with Crippen LogP contribution >= 0.6 is 0 Å². The summed E-state index contributed by atoms with van der Waals surface area (Å²) in [4.78, 5) is 21.5. The van der Waals surface area contributed by atoms with Crippen LogP contribution in [0.1, 0.15) is 50.5 Å². The van der Waals surface area contributed by atoms with Gasteiger partial charge in [-0.3, -0.25) is 4.79 Å². The molecule has 4 rings (SSSR count). The Morgan fingerprint density at radius 3 is 2.52 bits per heavy atom. The number of piperidine rings is 1. The van der Waals surface area contributed by atoms with Crippen molar-refractivity contribution in [1.29, 1.82) is 0 Å². The normalized spacial score (nSPS) is 31.0. The third-order valence-corrected chi connectivity index (χ3v) is 6.94. The highest BCUT2D eigenvalue weighted by atomic mass is 19.4. The van der Waals surface area contributed by atoms with Crippen LogP contribution in [0.2, 0.25) is 0 Å². The van der Waals surface area contributed by atoms with E-state index in [2.05, 4.69) is 9.88 Å². The molecule has 0 radical (unpaired) electrons. The third-order valence-electron chi connectivity index (χ3n) is 6.94. The summed E-state index contributed by atoms with van der Waals surface area (Å²) in [7, 11) is 1.74. The van der Waals surface area contributed by atoms with Crippen molar-refractivity contribution in [3.8, 4) is 0 Å². The van der Waals surface area contributed by atoms with E-state index in [1.54, 1.807) is 7.11 Å². The Balaban J connectivity index is 1.44. The van der Waals surface area contributed by atoms with E-state index in [1.807, 2.05) is 4.90 Å². The molecule has 1 aliphatic carbocycles. The number of halogens is 3. The summed E-state index contributed by atoms with van der Waals surface area (Å²) < 4.78 is 43.9. The largest absolute Gasteiger partial charge is 0.417 e. The molecule has 0 aromatic carbocycles. The molecule has 2 aliphatic heterocycles. The topological polar surface area (TPSA) is 45.7 Å². The van der Waals surface area contributed by atoms with E-state index in [0.29, 0.717) is 25.0 Å². The lowest BCUT2D eigenvalue weighted by Crippen LogP contribution is -2.50. The number of anilines is 1. The molecule has 0 bridgehead atoms. The molecule has 0 N–H and O–H groups in total. The Hall–Kier alpha value is -1.83.